The topological polar surface area (TPSA) is 51.3 Å². The van der Waals surface area contributed by atoms with E-state index in [1.807, 2.05) is 48.5 Å². The van der Waals surface area contributed by atoms with Crippen LogP contribution in [-0.2, 0) is 11.2 Å². The molecule has 0 spiro atoms. The van der Waals surface area contributed by atoms with Crippen molar-refractivity contribution in [2.45, 2.75) is 6.42 Å². The maximum atomic E-state index is 12.2. The summed E-state index contributed by atoms with van der Waals surface area (Å²) >= 11 is 0. The van der Waals surface area contributed by atoms with Crippen molar-refractivity contribution >= 4 is 16.9 Å². The Hall–Kier alpha value is -2.75. The summed E-state index contributed by atoms with van der Waals surface area (Å²) < 4.78 is 10.2. The molecule has 0 atom stereocenters. The quantitative estimate of drug-likeness (QED) is 0.749. The molecule has 0 unspecified atom stereocenters. The number of hydrogen-bond donors (Lipinski definition) is 1. The highest BCUT2D eigenvalue weighted by Gasteiger charge is 2.19. The fourth-order valence-corrected chi connectivity index (χ4v) is 2.62. The Labute approximate surface area is 128 Å². The van der Waals surface area contributed by atoms with Crippen molar-refractivity contribution < 1.29 is 14.3 Å². The van der Waals surface area contributed by atoms with Crippen molar-refractivity contribution in [2.24, 2.45) is 0 Å². The number of fused-ring (bicyclic) bond motifs is 1. The largest absolute Gasteiger partial charge is 0.497 e. The second kappa shape index (κ2) is 5.93. The highest BCUT2D eigenvalue weighted by atomic mass is 16.5. The molecule has 0 aliphatic heterocycles. The number of aromatic amines is 1. The molecule has 3 aromatic rings. The first-order chi connectivity index (χ1) is 10.7. The van der Waals surface area contributed by atoms with E-state index in [-0.39, 0.29) is 5.97 Å². The molecule has 112 valence electrons. The van der Waals surface area contributed by atoms with Gasteiger partial charge < -0.3 is 14.5 Å². The van der Waals surface area contributed by atoms with Gasteiger partial charge in [-0.2, -0.15) is 0 Å². The van der Waals surface area contributed by atoms with Gasteiger partial charge in [0.15, 0.2) is 0 Å². The molecule has 3 rings (SSSR count). The van der Waals surface area contributed by atoms with Crippen LogP contribution >= 0.6 is 0 Å². The molecule has 22 heavy (non-hydrogen) atoms. The lowest BCUT2D eigenvalue weighted by Crippen LogP contribution is -2.05. The number of carbonyl (C=O) groups is 1. The Morgan fingerprint density at radius 3 is 2.55 bits per heavy atom. The summed E-state index contributed by atoms with van der Waals surface area (Å²) in [7, 11) is 3.00. The fourth-order valence-electron chi connectivity index (χ4n) is 2.62. The summed E-state index contributed by atoms with van der Waals surface area (Å²) in [4.78, 5) is 15.5. The highest BCUT2D eigenvalue weighted by Crippen LogP contribution is 2.28. The summed E-state index contributed by atoms with van der Waals surface area (Å²) in [6.07, 6.45) is 0.641. The van der Waals surface area contributed by atoms with Gasteiger partial charge in [-0.25, -0.2) is 4.79 Å². The van der Waals surface area contributed by atoms with Gasteiger partial charge in [0.2, 0.25) is 0 Å². The number of nitrogens with one attached hydrogen (secondary N) is 1. The van der Waals surface area contributed by atoms with E-state index in [0.29, 0.717) is 17.7 Å². The molecule has 0 aliphatic rings. The van der Waals surface area contributed by atoms with Gasteiger partial charge in [-0.15, -0.1) is 0 Å². The zero-order chi connectivity index (χ0) is 15.5. The molecule has 0 aliphatic carbocycles. The third-order valence-corrected chi connectivity index (χ3v) is 3.70. The second-order valence-corrected chi connectivity index (χ2v) is 5.04. The standard InChI is InChI=1S/C18H17NO3/c1-21-13-8-9-15-14(11-13)17(18(20)22-2)16(19-15)10-12-6-4-3-5-7-12/h3-9,11,19H,10H2,1-2H3. The number of esters is 1. The first kappa shape index (κ1) is 14.2. The molecule has 4 nitrogen and oxygen atoms in total. The van der Waals surface area contributed by atoms with E-state index >= 15 is 0 Å². The van der Waals surface area contributed by atoms with E-state index in [0.717, 1.165) is 22.2 Å². The van der Waals surface area contributed by atoms with Crippen LogP contribution in [0.2, 0.25) is 0 Å². The van der Waals surface area contributed by atoms with Gasteiger partial charge in [-0.1, -0.05) is 30.3 Å². The molecular weight excluding hydrogens is 278 g/mol. The van der Waals surface area contributed by atoms with Crippen LogP contribution in [0.5, 0.6) is 5.75 Å². The van der Waals surface area contributed by atoms with E-state index in [9.17, 15) is 4.79 Å². The average Bonchev–Trinajstić information content (AvgIpc) is 2.91. The van der Waals surface area contributed by atoms with Gasteiger partial charge >= 0.3 is 5.97 Å². The Balaban J connectivity index is 2.14. The van der Waals surface area contributed by atoms with Crippen LogP contribution in [0.15, 0.2) is 48.5 Å². The van der Waals surface area contributed by atoms with Gasteiger partial charge in [0, 0.05) is 23.0 Å². The minimum Gasteiger partial charge on any atom is -0.497 e. The van der Waals surface area contributed by atoms with E-state index in [1.165, 1.54) is 7.11 Å². The monoisotopic (exact) mass is 295 g/mol. The molecule has 2 aromatic carbocycles. The van der Waals surface area contributed by atoms with Gasteiger partial charge in [0.25, 0.3) is 0 Å². The molecule has 0 saturated heterocycles. The normalized spacial score (nSPS) is 10.6. The molecule has 0 amide bonds. The number of benzene rings is 2. The van der Waals surface area contributed by atoms with E-state index in [1.54, 1.807) is 7.11 Å². The number of hydrogen-bond acceptors (Lipinski definition) is 3. The second-order valence-electron chi connectivity index (χ2n) is 5.04. The summed E-state index contributed by atoms with van der Waals surface area (Å²) in [6, 6.07) is 15.6. The van der Waals surface area contributed by atoms with Crippen molar-refractivity contribution in [3.05, 3.63) is 65.4 Å². The van der Waals surface area contributed by atoms with Crippen molar-refractivity contribution in [3.8, 4) is 5.75 Å². The molecular formula is C18H17NO3. The lowest BCUT2D eigenvalue weighted by molar-refractivity contribution is 0.0602. The summed E-state index contributed by atoms with van der Waals surface area (Å²) in [6.45, 7) is 0. The van der Waals surface area contributed by atoms with E-state index in [2.05, 4.69) is 4.98 Å². The van der Waals surface area contributed by atoms with Crippen molar-refractivity contribution in [2.75, 3.05) is 14.2 Å². The molecule has 0 bridgehead atoms. The van der Waals surface area contributed by atoms with Crippen LogP contribution in [-0.4, -0.2) is 25.2 Å². The molecule has 4 heteroatoms. The Morgan fingerprint density at radius 1 is 1.09 bits per heavy atom. The Bertz CT molecular complexity index is 806. The van der Waals surface area contributed by atoms with Crippen molar-refractivity contribution in [1.29, 1.82) is 0 Å². The van der Waals surface area contributed by atoms with Gasteiger partial charge in [0.1, 0.15) is 5.75 Å². The molecule has 1 aromatic heterocycles. The van der Waals surface area contributed by atoms with E-state index in [4.69, 9.17) is 9.47 Å². The lowest BCUT2D eigenvalue weighted by atomic mass is 10.0. The van der Waals surface area contributed by atoms with Crippen LogP contribution in [0.25, 0.3) is 10.9 Å². The smallest absolute Gasteiger partial charge is 0.340 e. The zero-order valence-electron chi connectivity index (χ0n) is 12.6. The molecule has 1 heterocycles. The number of methoxy groups -OCH3 is 2. The number of H-pyrrole nitrogens is 1. The Kier molecular flexibility index (Phi) is 3.83. The van der Waals surface area contributed by atoms with Gasteiger partial charge in [-0.3, -0.25) is 0 Å². The minimum absolute atomic E-state index is 0.342. The van der Waals surface area contributed by atoms with Crippen LogP contribution in [0.4, 0.5) is 0 Å². The van der Waals surface area contributed by atoms with Crippen molar-refractivity contribution in [1.82, 2.24) is 4.98 Å². The number of ether oxygens (including phenoxy) is 2. The van der Waals surface area contributed by atoms with Crippen LogP contribution in [0.1, 0.15) is 21.6 Å². The lowest BCUT2D eigenvalue weighted by Gasteiger charge is -2.04. The third kappa shape index (κ3) is 2.55. The van der Waals surface area contributed by atoms with E-state index < -0.39 is 0 Å². The fraction of sp³-hybridized carbons (Fsp3) is 0.167. The first-order valence-electron chi connectivity index (χ1n) is 7.03. The molecule has 0 fully saturated rings. The van der Waals surface area contributed by atoms with Gasteiger partial charge in [-0.05, 0) is 23.8 Å². The molecule has 1 N–H and O–H groups in total. The minimum atomic E-state index is -0.342. The maximum Gasteiger partial charge on any atom is 0.340 e. The Morgan fingerprint density at radius 2 is 1.86 bits per heavy atom. The number of rotatable bonds is 4. The summed E-state index contributed by atoms with van der Waals surface area (Å²) in [5.74, 6) is 0.369. The van der Waals surface area contributed by atoms with Crippen LogP contribution in [0, 0.1) is 0 Å². The SMILES string of the molecule is COC(=O)c1c(Cc2ccccc2)[nH]c2ccc(OC)cc12. The molecule has 0 saturated carbocycles. The average molecular weight is 295 g/mol. The zero-order valence-corrected chi connectivity index (χ0v) is 12.6. The first-order valence-corrected chi connectivity index (χ1v) is 7.03. The summed E-state index contributed by atoms with van der Waals surface area (Å²) in [5.41, 5.74) is 3.44. The van der Waals surface area contributed by atoms with Gasteiger partial charge in [0.05, 0.1) is 19.8 Å². The number of carbonyl (C=O) groups excluding carboxylic acids is 1. The number of aromatic nitrogens is 1. The predicted octanol–water partition coefficient (Wildman–Crippen LogP) is 3.55. The van der Waals surface area contributed by atoms with Crippen LogP contribution < -0.4 is 4.74 Å². The molecule has 0 radical (unpaired) electrons. The third-order valence-electron chi connectivity index (χ3n) is 3.70. The predicted molar refractivity (Wildman–Crippen MR) is 85.4 cm³/mol. The highest BCUT2D eigenvalue weighted by molar-refractivity contribution is 6.06. The maximum absolute atomic E-state index is 12.2. The van der Waals surface area contributed by atoms with Crippen molar-refractivity contribution in [3.63, 3.8) is 0 Å². The van der Waals surface area contributed by atoms with Crippen LogP contribution in [0.3, 0.4) is 0 Å². The summed E-state index contributed by atoms with van der Waals surface area (Å²) in [5, 5.41) is 0.817.